The van der Waals surface area contributed by atoms with E-state index in [0.717, 1.165) is 5.82 Å². The van der Waals surface area contributed by atoms with E-state index in [9.17, 15) is 0 Å². The van der Waals surface area contributed by atoms with Gasteiger partial charge in [0.2, 0.25) is 5.95 Å². The van der Waals surface area contributed by atoms with Gasteiger partial charge in [0.25, 0.3) is 0 Å². The lowest BCUT2D eigenvalue weighted by Crippen LogP contribution is -2.26. The third kappa shape index (κ3) is 1.42. The first-order chi connectivity index (χ1) is 5.44. The van der Waals surface area contributed by atoms with Crippen molar-refractivity contribution >= 4 is 5.95 Å². The van der Waals surface area contributed by atoms with Gasteiger partial charge in [-0.1, -0.05) is 27.7 Å². The van der Waals surface area contributed by atoms with E-state index in [1.807, 2.05) is 0 Å². The van der Waals surface area contributed by atoms with Gasteiger partial charge in [-0.3, -0.25) is 5.10 Å². The van der Waals surface area contributed by atoms with Crippen LogP contribution in [0.5, 0.6) is 0 Å². The van der Waals surface area contributed by atoms with E-state index >= 15 is 0 Å². The van der Waals surface area contributed by atoms with Gasteiger partial charge in [-0.05, 0) is 5.92 Å². The van der Waals surface area contributed by atoms with Crippen LogP contribution in [0.15, 0.2) is 0 Å². The zero-order valence-electron chi connectivity index (χ0n) is 8.05. The summed E-state index contributed by atoms with van der Waals surface area (Å²) in [4.78, 5) is 4.11. The van der Waals surface area contributed by atoms with Crippen LogP contribution in [0.4, 0.5) is 5.95 Å². The second kappa shape index (κ2) is 2.77. The van der Waals surface area contributed by atoms with E-state index in [2.05, 4.69) is 42.9 Å². The van der Waals surface area contributed by atoms with Gasteiger partial charge < -0.3 is 5.73 Å². The smallest absolute Gasteiger partial charge is 0.239 e. The highest BCUT2D eigenvalue weighted by Crippen LogP contribution is 2.28. The fraction of sp³-hybridized carbons (Fsp3) is 0.750. The van der Waals surface area contributed by atoms with E-state index in [1.54, 1.807) is 0 Å². The predicted molar refractivity (Wildman–Crippen MR) is 48.7 cm³/mol. The summed E-state index contributed by atoms with van der Waals surface area (Å²) in [5, 5.41) is 6.65. The van der Waals surface area contributed by atoms with Gasteiger partial charge in [-0.15, -0.1) is 5.10 Å². The molecule has 0 aromatic carbocycles. The van der Waals surface area contributed by atoms with Crippen LogP contribution in [0.3, 0.4) is 0 Å². The summed E-state index contributed by atoms with van der Waals surface area (Å²) >= 11 is 0. The number of nitrogens with zero attached hydrogens (tertiary/aromatic N) is 2. The average molecular weight is 168 g/mol. The number of hydrogen-bond acceptors (Lipinski definition) is 3. The van der Waals surface area contributed by atoms with Gasteiger partial charge in [0, 0.05) is 5.41 Å². The summed E-state index contributed by atoms with van der Waals surface area (Å²) in [7, 11) is 0. The quantitative estimate of drug-likeness (QED) is 0.699. The second-order valence-electron chi connectivity index (χ2n) is 3.92. The maximum Gasteiger partial charge on any atom is 0.239 e. The first-order valence-electron chi connectivity index (χ1n) is 4.13. The largest absolute Gasteiger partial charge is 0.367 e. The monoisotopic (exact) mass is 168 g/mol. The van der Waals surface area contributed by atoms with Crippen molar-refractivity contribution in [2.75, 3.05) is 5.73 Å². The molecule has 1 rings (SSSR count). The Kier molecular flexibility index (Phi) is 2.08. The molecule has 4 nitrogen and oxygen atoms in total. The molecule has 4 heteroatoms. The highest BCUT2D eigenvalue weighted by Gasteiger charge is 2.28. The number of nitrogens with one attached hydrogen (secondary N) is 1. The Morgan fingerprint density at radius 1 is 1.42 bits per heavy atom. The Bertz CT molecular complexity index is 262. The zero-order chi connectivity index (χ0) is 9.35. The Morgan fingerprint density at radius 2 is 2.00 bits per heavy atom. The molecular weight excluding hydrogens is 152 g/mol. The van der Waals surface area contributed by atoms with Gasteiger partial charge in [-0.2, -0.15) is 4.98 Å². The van der Waals surface area contributed by atoms with Gasteiger partial charge in [0.15, 0.2) is 0 Å². The molecule has 12 heavy (non-hydrogen) atoms. The molecule has 0 saturated carbocycles. The van der Waals surface area contributed by atoms with Crippen LogP contribution >= 0.6 is 0 Å². The van der Waals surface area contributed by atoms with Crippen LogP contribution in [0.2, 0.25) is 0 Å². The minimum Gasteiger partial charge on any atom is -0.367 e. The molecule has 0 radical (unpaired) electrons. The van der Waals surface area contributed by atoms with Crippen molar-refractivity contribution in [2.24, 2.45) is 5.92 Å². The van der Waals surface area contributed by atoms with Crippen LogP contribution in [0.1, 0.15) is 33.5 Å². The number of nitrogens with two attached hydrogens (primary N) is 1. The highest BCUT2D eigenvalue weighted by atomic mass is 15.3. The lowest BCUT2D eigenvalue weighted by molar-refractivity contribution is 0.353. The van der Waals surface area contributed by atoms with Gasteiger partial charge >= 0.3 is 0 Å². The molecule has 0 amide bonds. The molecule has 0 unspecified atom stereocenters. The fourth-order valence-electron chi connectivity index (χ4n) is 0.836. The number of hydrogen-bond donors (Lipinski definition) is 2. The Morgan fingerprint density at radius 3 is 2.33 bits per heavy atom. The van der Waals surface area contributed by atoms with Crippen LogP contribution in [0, 0.1) is 5.92 Å². The number of aromatic nitrogens is 3. The summed E-state index contributed by atoms with van der Waals surface area (Å²) in [6.45, 7) is 8.55. The minimum atomic E-state index is 0.00458. The van der Waals surface area contributed by atoms with E-state index in [1.165, 1.54) is 0 Å². The maximum absolute atomic E-state index is 5.42. The molecule has 0 aliphatic heterocycles. The number of H-pyrrole nitrogens is 1. The first-order valence-corrected chi connectivity index (χ1v) is 4.13. The standard InChI is InChI=1S/C8H16N4/c1-5(2)8(3,4)6-10-7(9)12-11-6/h5H,1-4H3,(H3,9,10,11,12). The third-order valence-electron chi connectivity index (χ3n) is 2.56. The van der Waals surface area contributed by atoms with Crippen molar-refractivity contribution in [3.63, 3.8) is 0 Å². The third-order valence-corrected chi connectivity index (χ3v) is 2.56. The summed E-state index contributed by atoms with van der Waals surface area (Å²) in [5.41, 5.74) is 5.43. The topological polar surface area (TPSA) is 67.6 Å². The zero-order valence-corrected chi connectivity index (χ0v) is 8.05. The van der Waals surface area contributed by atoms with Crippen LogP contribution in [-0.4, -0.2) is 15.2 Å². The SMILES string of the molecule is CC(C)C(C)(C)c1nc(N)n[nH]1. The average Bonchev–Trinajstić information content (AvgIpc) is 2.35. The Labute approximate surface area is 72.6 Å². The summed E-state index contributed by atoms with van der Waals surface area (Å²) < 4.78 is 0. The molecule has 0 saturated heterocycles. The second-order valence-corrected chi connectivity index (χ2v) is 3.92. The van der Waals surface area contributed by atoms with Crippen molar-refractivity contribution in [3.8, 4) is 0 Å². The highest BCUT2D eigenvalue weighted by molar-refractivity contribution is 5.17. The summed E-state index contributed by atoms with van der Waals surface area (Å²) in [6.07, 6.45) is 0. The van der Waals surface area contributed by atoms with Crippen molar-refractivity contribution < 1.29 is 0 Å². The van der Waals surface area contributed by atoms with Gasteiger partial charge in [-0.25, -0.2) is 0 Å². The van der Waals surface area contributed by atoms with Crippen molar-refractivity contribution in [1.29, 1.82) is 0 Å². The lowest BCUT2D eigenvalue weighted by Gasteiger charge is -2.25. The van der Waals surface area contributed by atoms with Crippen molar-refractivity contribution in [1.82, 2.24) is 15.2 Å². The number of rotatable bonds is 2. The summed E-state index contributed by atoms with van der Waals surface area (Å²) in [6, 6.07) is 0. The first kappa shape index (κ1) is 9.03. The fourth-order valence-corrected chi connectivity index (χ4v) is 0.836. The van der Waals surface area contributed by atoms with Crippen LogP contribution in [0.25, 0.3) is 0 Å². The Hall–Kier alpha value is -1.06. The van der Waals surface area contributed by atoms with Crippen LogP contribution < -0.4 is 5.73 Å². The van der Waals surface area contributed by atoms with Gasteiger partial charge in [0.05, 0.1) is 0 Å². The molecule has 0 aliphatic carbocycles. The summed E-state index contributed by atoms with van der Waals surface area (Å²) in [5.74, 6) is 1.68. The molecule has 0 spiro atoms. The molecule has 1 aromatic heterocycles. The van der Waals surface area contributed by atoms with Crippen molar-refractivity contribution in [2.45, 2.75) is 33.1 Å². The Balaban J connectivity index is 2.97. The van der Waals surface area contributed by atoms with Crippen LogP contribution in [-0.2, 0) is 5.41 Å². The lowest BCUT2D eigenvalue weighted by atomic mass is 9.80. The van der Waals surface area contributed by atoms with E-state index < -0.39 is 0 Å². The van der Waals surface area contributed by atoms with E-state index in [-0.39, 0.29) is 5.41 Å². The number of nitrogen functional groups attached to an aromatic ring is 1. The molecule has 0 aliphatic rings. The van der Waals surface area contributed by atoms with Gasteiger partial charge in [0.1, 0.15) is 5.82 Å². The molecule has 3 N–H and O–H groups in total. The molecule has 1 heterocycles. The van der Waals surface area contributed by atoms with Crippen molar-refractivity contribution in [3.05, 3.63) is 5.82 Å². The molecule has 0 atom stereocenters. The predicted octanol–water partition coefficient (Wildman–Crippen LogP) is 1.32. The molecule has 68 valence electrons. The van der Waals surface area contributed by atoms with E-state index in [4.69, 9.17) is 5.73 Å². The molecule has 0 bridgehead atoms. The molecule has 1 aromatic rings. The normalized spacial score (nSPS) is 12.4. The number of anilines is 1. The molecular formula is C8H16N4. The molecule has 0 fully saturated rings. The van der Waals surface area contributed by atoms with E-state index in [0.29, 0.717) is 11.9 Å². The number of aromatic amines is 1. The maximum atomic E-state index is 5.42. The minimum absolute atomic E-state index is 0.00458.